The van der Waals surface area contributed by atoms with Crippen molar-refractivity contribution in [1.82, 2.24) is 9.78 Å². The fraction of sp³-hybridized carbons (Fsp3) is 0.556. The second-order valence-electron chi connectivity index (χ2n) is 2.24. The number of hydrogen-bond donors (Lipinski definition) is 0. The Morgan fingerprint density at radius 3 is 2.62 bits per heavy atom. The fourth-order valence-corrected chi connectivity index (χ4v) is 0.830. The molecule has 1 aromatic heterocycles. The SMILES string of the molecule is CC.Cc1cn(C)nc1OCC#N. The maximum Gasteiger partial charge on any atom is 0.236 e. The summed E-state index contributed by atoms with van der Waals surface area (Å²) in [5, 5.41) is 12.2. The summed E-state index contributed by atoms with van der Waals surface area (Å²) in [5.74, 6) is 0.536. The summed E-state index contributed by atoms with van der Waals surface area (Å²) >= 11 is 0. The molecule has 0 aliphatic carbocycles. The van der Waals surface area contributed by atoms with Crippen molar-refractivity contribution in [2.75, 3.05) is 6.61 Å². The van der Waals surface area contributed by atoms with Crippen molar-refractivity contribution in [3.05, 3.63) is 11.8 Å². The van der Waals surface area contributed by atoms with Crippen molar-refractivity contribution in [2.24, 2.45) is 7.05 Å². The van der Waals surface area contributed by atoms with Crippen molar-refractivity contribution < 1.29 is 4.74 Å². The van der Waals surface area contributed by atoms with Crippen LogP contribution in [0.4, 0.5) is 0 Å². The highest BCUT2D eigenvalue weighted by molar-refractivity contribution is 5.21. The molecular formula is C9H15N3O. The smallest absolute Gasteiger partial charge is 0.236 e. The minimum Gasteiger partial charge on any atom is -0.461 e. The lowest BCUT2D eigenvalue weighted by molar-refractivity contribution is 0.347. The molecule has 0 saturated heterocycles. The predicted molar refractivity (Wildman–Crippen MR) is 50.4 cm³/mol. The van der Waals surface area contributed by atoms with Crippen molar-refractivity contribution in [3.63, 3.8) is 0 Å². The number of ether oxygens (including phenoxy) is 1. The van der Waals surface area contributed by atoms with E-state index in [1.54, 1.807) is 4.68 Å². The molecule has 0 aromatic carbocycles. The lowest BCUT2D eigenvalue weighted by Gasteiger charge is -1.94. The molecule has 1 aromatic rings. The summed E-state index contributed by atoms with van der Waals surface area (Å²) in [6.45, 7) is 5.94. The van der Waals surface area contributed by atoms with Gasteiger partial charge in [-0.25, -0.2) is 0 Å². The van der Waals surface area contributed by atoms with Crippen LogP contribution in [-0.4, -0.2) is 16.4 Å². The highest BCUT2D eigenvalue weighted by Crippen LogP contribution is 2.12. The zero-order chi connectivity index (χ0) is 10.3. The Morgan fingerprint density at radius 2 is 2.23 bits per heavy atom. The van der Waals surface area contributed by atoms with Crippen LogP contribution in [0.2, 0.25) is 0 Å². The van der Waals surface area contributed by atoms with Crippen molar-refractivity contribution in [1.29, 1.82) is 5.26 Å². The third kappa shape index (κ3) is 3.61. The van der Waals surface area contributed by atoms with E-state index in [-0.39, 0.29) is 6.61 Å². The van der Waals surface area contributed by atoms with Gasteiger partial charge in [-0.2, -0.15) is 5.26 Å². The average molecular weight is 181 g/mol. The number of nitrogens with zero attached hydrogens (tertiary/aromatic N) is 3. The maximum absolute atomic E-state index is 8.22. The van der Waals surface area contributed by atoms with Crippen molar-refractivity contribution in [2.45, 2.75) is 20.8 Å². The first-order chi connectivity index (χ1) is 6.24. The van der Waals surface area contributed by atoms with Gasteiger partial charge in [-0.1, -0.05) is 13.8 Å². The Kier molecular flexibility index (Phi) is 5.37. The Labute approximate surface area is 78.7 Å². The zero-order valence-electron chi connectivity index (χ0n) is 8.53. The molecule has 0 radical (unpaired) electrons. The first kappa shape index (κ1) is 11.5. The largest absolute Gasteiger partial charge is 0.461 e. The second-order valence-corrected chi connectivity index (χ2v) is 2.24. The van der Waals surface area contributed by atoms with Gasteiger partial charge in [0.2, 0.25) is 5.88 Å². The molecule has 4 heteroatoms. The molecule has 0 atom stereocenters. The third-order valence-electron chi connectivity index (χ3n) is 1.24. The molecule has 0 N–H and O–H groups in total. The number of nitriles is 1. The summed E-state index contributed by atoms with van der Waals surface area (Å²) in [6, 6.07) is 1.88. The molecule has 0 bridgehead atoms. The summed E-state index contributed by atoms with van der Waals surface area (Å²) in [5.41, 5.74) is 0.947. The molecule has 0 fully saturated rings. The van der Waals surface area contributed by atoms with Gasteiger partial charge < -0.3 is 4.74 Å². The molecule has 4 nitrogen and oxygen atoms in total. The maximum atomic E-state index is 8.22. The van der Waals surface area contributed by atoms with Crippen LogP contribution in [0.3, 0.4) is 0 Å². The molecule has 0 saturated carbocycles. The van der Waals surface area contributed by atoms with Crippen molar-refractivity contribution in [3.8, 4) is 11.9 Å². The molecule has 0 unspecified atom stereocenters. The molecule has 0 amide bonds. The third-order valence-corrected chi connectivity index (χ3v) is 1.24. The highest BCUT2D eigenvalue weighted by atomic mass is 16.5. The summed E-state index contributed by atoms with van der Waals surface area (Å²) in [4.78, 5) is 0. The molecule has 0 spiro atoms. The van der Waals surface area contributed by atoms with Gasteiger partial charge in [0.05, 0.1) is 0 Å². The van der Waals surface area contributed by atoms with E-state index in [9.17, 15) is 0 Å². The van der Waals surface area contributed by atoms with E-state index in [2.05, 4.69) is 5.10 Å². The van der Waals surface area contributed by atoms with E-state index < -0.39 is 0 Å². The second kappa shape index (κ2) is 6.06. The number of hydrogen-bond acceptors (Lipinski definition) is 3. The summed E-state index contributed by atoms with van der Waals surface area (Å²) in [6.07, 6.45) is 1.84. The molecule has 72 valence electrons. The fourth-order valence-electron chi connectivity index (χ4n) is 0.830. The highest BCUT2D eigenvalue weighted by Gasteiger charge is 2.02. The van der Waals surface area contributed by atoms with Crippen LogP contribution in [0, 0.1) is 18.3 Å². The predicted octanol–water partition coefficient (Wildman–Crippen LogP) is 1.66. The molecule has 0 aliphatic heterocycles. The lowest BCUT2D eigenvalue weighted by Crippen LogP contribution is -1.96. The first-order valence-electron chi connectivity index (χ1n) is 4.24. The van der Waals surface area contributed by atoms with Gasteiger partial charge in [-0.3, -0.25) is 4.68 Å². The number of aromatic nitrogens is 2. The minimum absolute atomic E-state index is 0.0534. The van der Waals surface area contributed by atoms with Crippen LogP contribution in [0.5, 0.6) is 5.88 Å². The van der Waals surface area contributed by atoms with E-state index in [0.717, 1.165) is 5.56 Å². The Hall–Kier alpha value is -1.50. The van der Waals surface area contributed by atoms with Gasteiger partial charge in [0.1, 0.15) is 6.07 Å². The van der Waals surface area contributed by atoms with E-state index in [4.69, 9.17) is 10.00 Å². The van der Waals surface area contributed by atoms with Gasteiger partial charge in [-0.05, 0) is 6.92 Å². The lowest BCUT2D eigenvalue weighted by atomic mass is 10.4. The van der Waals surface area contributed by atoms with Crippen LogP contribution in [0.15, 0.2) is 6.20 Å². The molecule has 0 aliphatic rings. The van der Waals surface area contributed by atoms with Crippen LogP contribution in [0.1, 0.15) is 19.4 Å². The van der Waals surface area contributed by atoms with Gasteiger partial charge in [0, 0.05) is 18.8 Å². The minimum atomic E-state index is 0.0534. The van der Waals surface area contributed by atoms with Crippen LogP contribution in [0.25, 0.3) is 0 Å². The molecular weight excluding hydrogens is 166 g/mol. The van der Waals surface area contributed by atoms with Crippen LogP contribution in [-0.2, 0) is 7.05 Å². The summed E-state index contributed by atoms with van der Waals surface area (Å²) in [7, 11) is 1.81. The molecule has 1 rings (SSSR count). The monoisotopic (exact) mass is 181 g/mol. The number of rotatable bonds is 2. The Bertz CT molecular complexity index is 286. The van der Waals surface area contributed by atoms with Gasteiger partial charge >= 0.3 is 0 Å². The topological polar surface area (TPSA) is 50.8 Å². The van der Waals surface area contributed by atoms with E-state index >= 15 is 0 Å². The van der Waals surface area contributed by atoms with Gasteiger partial charge in [0.25, 0.3) is 0 Å². The van der Waals surface area contributed by atoms with Gasteiger partial charge in [0.15, 0.2) is 6.61 Å². The quantitative estimate of drug-likeness (QED) is 0.697. The molecule has 1 heterocycles. The average Bonchev–Trinajstić information content (AvgIpc) is 2.45. The number of aryl methyl sites for hydroxylation is 2. The van der Waals surface area contributed by atoms with E-state index in [0.29, 0.717) is 5.88 Å². The van der Waals surface area contributed by atoms with Crippen LogP contribution >= 0.6 is 0 Å². The standard InChI is InChI=1S/C7H9N3O.C2H6/c1-6-5-10(2)9-7(6)11-4-3-8;1-2/h5H,4H2,1-2H3;1-2H3. The van der Waals surface area contributed by atoms with Crippen molar-refractivity contribution >= 4 is 0 Å². The Balaban J connectivity index is 0.000000671. The van der Waals surface area contributed by atoms with Gasteiger partial charge in [-0.15, -0.1) is 5.10 Å². The van der Waals surface area contributed by atoms with E-state index in [1.807, 2.05) is 40.1 Å². The van der Waals surface area contributed by atoms with Crippen LogP contribution < -0.4 is 4.74 Å². The zero-order valence-corrected chi connectivity index (χ0v) is 8.53. The molecule has 13 heavy (non-hydrogen) atoms. The van der Waals surface area contributed by atoms with E-state index in [1.165, 1.54) is 0 Å². The summed E-state index contributed by atoms with van der Waals surface area (Å²) < 4.78 is 6.67. The Morgan fingerprint density at radius 1 is 1.62 bits per heavy atom. The first-order valence-corrected chi connectivity index (χ1v) is 4.24. The normalized spacial score (nSPS) is 8.23.